The predicted molar refractivity (Wildman–Crippen MR) is 111 cm³/mol. The summed E-state index contributed by atoms with van der Waals surface area (Å²) >= 11 is 0. The first-order chi connectivity index (χ1) is 14.3. The van der Waals surface area contributed by atoms with Crippen LogP contribution in [0.4, 0.5) is 5.69 Å². The van der Waals surface area contributed by atoms with Gasteiger partial charge in [-0.25, -0.2) is 13.4 Å². The normalized spacial score (nSPS) is 24.8. The molecule has 3 aliphatic rings. The molecule has 1 N–H and O–H groups in total. The van der Waals surface area contributed by atoms with Crippen LogP contribution in [-0.4, -0.2) is 61.2 Å². The van der Waals surface area contributed by atoms with Crippen LogP contribution < -0.4 is 14.8 Å². The number of anilines is 1. The van der Waals surface area contributed by atoms with Crippen molar-refractivity contribution in [3.8, 4) is 11.5 Å². The van der Waals surface area contributed by atoms with E-state index in [0.717, 1.165) is 12.0 Å². The smallest absolute Gasteiger partial charge is 0.271 e. The number of sulfone groups is 1. The van der Waals surface area contributed by atoms with Gasteiger partial charge < -0.3 is 14.8 Å². The van der Waals surface area contributed by atoms with E-state index >= 15 is 0 Å². The Labute approximate surface area is 175 Å². The zero-order chi connectivity index (χ0) is 21.5. The molecule has 0 radical (unpaired) electrons. The number of amides is 2. The van der Waals surface area contributed by atoms with Gasteiger partial charge in [-0.2, -0.15) is 5.10 Å². The lowest BCUT2D eigenvalue weighted by Crippen LogP contribution is -2.42. The minimum absolute atomic E-state index is 0.0315. The summed E-state index contributed by atoms with van der Waals surface area (Å²) in [4.78, 5) is 25.2. The van der Waals surface area contributed by atoms with Gasteiger partial charge in [0.1, 0.15) is 23.3 Å². The molecule has 0 unspecified atom stereocenters. The van der Waals surface area contributed by atoms with Gasteiger partial charge in [0.25, 0.3) is 5.91 Å². The highest BCUT2D eigenvalue weighted by molar-refractivity contribution is 7.91. The lowest BCUT2D eigenvalue weighted by Gasteiger charge is -2.27. The van der Waals surface area contributed by atoms with E-state index in [4.69, 9.17) is 9.47 Å². The highest BCUT2D eigenvalue weighted by Gasteiger charge is 2.37. The Morgan fingerprint density at radius 2 is 2.17 bits per heavy atom. The van der Waals surface area contributed by atoms with Crippen LogP contribution in [0.15, 0.2) is 17.2 Å². The third-order valence-corrected chi connectivity index (χ3v) is 7.17. The van der Waals surface area contributed by atoms with Gasteiger partial charge in [0.15, 0.2) is 9.84 Å². The highest BCUT2D eigenvalue weighted by atomic mass is 32.2. The van der Waals surface area contributed by atoms with Gasteiger partial charge in [0, 0.05) is 30.9 Å². The van der Waals surface area contributed by atoms with Gasteiger partial charge >= 0.3 is 0 Å². The van der Waals surface area contributed by atoms with Crippen molar-refractivity contribution >= 4 is 33.1 Å². The van der Waals surface area contributed by atoms with Crippen LogP contribution >= 0.6 is 0 Å². The van der Waals surface area contributed by atoms with Gasteiger partial charge in [0.2, 0.25) is 5.91 Å². The van der Waals surface area contributed by atoms with Crippen molar-refractivity contribution < 1.29 is 27.5 Å². The Hall–Kier alpha value is -2.62. The number of hydrogen-bond acceptors (Lipinski definition) is 7. The summed E-state index contributed by atoms with van der Waals surface area (Å²) in [5.74, 6) is 0.465. The second kappa shape index (κ2) is 7.90. The third kappa shape index (κ3) is 4.14. The number of nitrogens with one attached hydrogen (secondary N) is 1. The van der Waals surface area contributed by atoms with E-state index in [-0.39, 0.29) is 42.1 Å². The second-order valence-corrected chi connectivity index (χ2v) is 10.0. The molecule has 4 rings (SSSR count). The van der Waals surface area contributed by atoms with E-state index in [0.29, 0.717) is 30.2 Å². The zero-order valence-electron chi connectivity index (χ0n) is 17.0. The molecule has 2 atom stereocenters. The Balaban J connectivity index is 1.55. The molecular formula is C20H25N3O6S. The van der Waals surface area contributed by atoms with Crippen molar-refractivity contribution in [2.75, 3.05) is 23.4 Å². The number of carbonyl (C=O) groups excluding carboxylic acids is 2. The fraction of sp³-hybridized carbons (Fsp3) is 0.550. The molecule has 1 saturated heterocycles. The van der Waals surface area contributed by atoms with Crippen molar-refractivity contribution in [2.24, 2.45) is 5.10 Å². The molecule has 30 heavy (non-hydrogen) atoms. The Bertz CT molecular complexity index is 1020. The quantitative estimate of drug-likeness (QED) is 0.750. The maximum atomic E-state index is 12.9. The van der Waals surface area contributed by atoms with Crippen molar-refractivity contribution in [3.63, 3.8) is 0 Å². The van der Waals surface area contributed by atoms with Gasteiger partial charge in [-0.1, -0.05) is 0 Å². The molecule has 0 bridgehead atoms. The van der Waals surface area contributed by atoms with Gasteiger partial charge in [0.05, 0.1) is 29.8 Å². The minimum Gasteiger partial charge on any atom is -0.492 e. The molecule has 0 spiro atoms. The van der Waals surface area contributed by atoms with Gasteiger partial charge in [-0.3, -0.25) is 9.59 Å². The Morgan fingerprint density at radius 1 is 1.37 bits per heavy atom. The number of ether oxygens (including phenoxy) is 2. The first-order valence-electron chi connectivity index (χ1n) is 10.1. The third-order valence-electron chi connectivity index (χ3n) is 5.42. The lowest BCUT2D eigenvalue weighted by atomic mass is 10.1. The Morgan fingerprint density at radius 3 is 2.87 bits per heavy atom. The van der Waals surface area contributed by atoms with Crippen molar-refractivity contribution in [3.05, 3.63) is 17.7 Å². The first-order valence-corrected chi connectivity index (χ1v) is 12.0. The summed E-state index contributed by atoms with van der Waals surface area (Å²) in [6, 6.07) is 3.11. The van der Waals surface area contributed by atoms with Crippen LogP contribution in [0.3, 0.4) is 0 Å². The van der Waals surface area contributed by atoms with E-state index < -0.39 is 21.8 Å². The molecule has 0 aliphatic carbocycles. The number of fused-ring (bicyclic) bond motifs is 1. The Kier molecular flexibility index (Phi) is 5.44. The molecule has 3 heterocycles. The first kappa shape index (κ1) is 20.6. The summed E-state index contributed by atoms with van der Waals surface area (Å²) in [5.41, 5.74) is 1.69. The fourth-order valence-electron chi connectivity index (χ4n) is 3.99. The van der Waals surface area contributed by atoms with Crippen LogP contribution in [0.5, 0.6) is 11.5 Å². The van der Waals surface area contributed by atoms with E-state index in [2.05, 4.69) is 10.4 Å². The molecule has 1 aromatic carbocycles. The predicted octanol–water partition coefficient (Wildman–Crippen LogP) is 1.51. The lowest BCUT2D eigenvalue weighted by molar-refractivity contribution is -0.133. The van der Waals surface area contributed by atoms with Crippen LogP contribution in [0.2, 0.25) is 0 Å². The largest absolute Gasteiger partial charge is 0.492 e. The summed E-state index contributed by atoms with van der Waals surface area (Å²) in [5, 5.41) is 8.22. The molecule has 1 aromatic rings. The molecular weight excluding hydrogens is 410 g/mol. The van der Waals surface area contributed by atoms with Crippen molar-refractivity contribution in [1.29, 1.82) is 0 Å². The summed E-state index contributed by atoms with van der Waals surface area (Å²) in [6.45, 7) is 4.28. The van der Waals surface area contributed by atoms with Crippen LogP contribution in [0.25, 0.3) is 0 Å². The van der Waals surface area contributed by atoms with Gasteiger partial charge in [-0.05, 0) is 26.3 Å². The number of carbonyl (C=O) groups is 2. The summed E-state index contributed by atoms with van der Waals surface area (Å²) in [6.07, 6.45) is 1.49. The maximum Gasteiger partial charge on any atom is 0.271 e. The van der Waals surface area contributed by atoms with E-state index in [1.165, 1.54) is 5.01 Å². The minimum atomic E-state index is -3.17. The molecule has 1 fully saturated rings. The number of nitrogens with zero attached hydrogens (tertiary/aromatic N) is 2. The van der Waals surface area contributed by atoms with E-state index in [1.807, 2.05) is 19.9 Å². The number of hydrazone groups is 1. The SMILES string of the molecule is CCOc1cc2c(cc1NC(=O)C1=NN([C@H]3CCS(=O)(=O)C3)C(=O)CC1)O[C@H](C)C2. The van der Waals surface area contributed by atoms with Crippen molar-refractivity contribution in [2.45, 2.75) is 51.7 Å². The molecule has 2 amide bonds. The second-order valence-electron chi connectivity index (χ2n) is 7.82. The van der Waals surface area contributed by atoms with Crippen LogP contribution in [0.1, 0.15) is 38.7 Å². The zero-order valence-corrected chi connectivity index (χ0v) is 17.8. The molecule has 9 nitrogen and oxygen atoms in total. The molecule has 0 aromatic heterocycles. The number of benzene rings is 1. The highest BCUT2D eigenvalue weighted by Crippen LogP contribution is 2.38. The molecule has 162 valence electrons. The summed E-state index contributed by atoms with van der Waals surface area (Å²) in [7, 11) is -3.17. The molecule has 0 saturated carbocycles. The average Bonchev–Trinajstić information content (AvgIpc) is 3.22. The topological polar surface area (TPSA) is 114 Å². The van der Waals surface area contributed by atoms with Crippen LogP contribution in [-0.2, 0) is 25.8 Å². The van der Waals surface area contributed by atoms with E-state index in [1.54, 1.807) is 6.07 Å². The van der Waals surface area contributed by atoms with E-state index in [9.17, 15) is 18.0 Å². The standard InChI is InChI=1S/C20H25N3O6S/c1-3-28-18-9-13-8-12(2)29-17(13)10-16(18)21-20(25)15-4-5-19(24)23(22-15)14-6-7-30(26,27)11-14/h9-10,12,14H,3-8,11H2,1-2H3,(H,21,25)/t12-,14+/m1/s1. The van der Waals surface area contributed by atoms with Gasteiger partial charge in [-0.15, -0.1) is 0 Å². The number of rotatable bonds is 5. The fourth-order valence-corrected chi connectivity index (χ4v) is 5.69. The monoisotopic (exact) mass is 435 g/mol. The average molecular weight is 436 g/mol. The molecule has 10 heteroatoms. The number of hydrogen-bond donors (Lipinski definition) is 1. The van der Waals surface area contributed by atoms with Crippen molar-refractivity contribution in [1.82, 2.24) is 5.01 Å². The summed E-state index contributed by atoms with van der Waals surface area (Å²) < 4.78 is 35.0. The van der Waals surface area contributed by atoms with Crippen LogP contribution in [0, 0.1) is 0 Å². The molecule has 3 aliphatic heterocycles. The maximum absolute atomic E-state index is 12.9.